The van der Waals surface area contributed by atoms with E-state index in [0.29, 0.717) is 5.02 Å². The summed E-state index contributed by atoms with van der Waals surface area (Å²) in [5, 5.41) is 0.603. The van der Waals surface area contributed by atoms with Crippen molar-refractivity contribution in [3.63, 3.8) is 0 Å². The number of benzene rings is 1. The number of imidazole rings is 1. The maximum absolute atomic E-state index is 14.1. The van der Waals surface area contributed by atoms with Crippen molar-refractivity contribution in [1.82, 2.24) is 19.4 Å². The molecule has 0 aliphatic carbocycles. The molecule has 0 radical (unpaired) electrons. The second-order valence-corrected chi connectivity index (χ2v) is 7.09. The van der Waals surface area contributed by atoms with E-state index in [4.69, 9.17) is 11.6 Å². The quantitative estimate of drug-likeness (QED) is 0.705. The first-order chi connectivity index (χ1) is 12.1. The molecule has 3 heterocycles. The Labute approximate surface area is 151 Å². The highest BCUT2D eigenvalue weighted by Gasteiger charge is 2.24. The minimum atomic E-state index is -0.149. The Morgan fingerprint density at radius 2 is 2.04 bits per heavy atom. The van der Waals surface area contributed by atoms with Crippen LogP contribution in [0.1, 0.15) is 30.1 Å². The van der Waals surface area contributed by atoms with Crippen LogP contribution in [0, 0.1) is 5.82 Å². The van der Waals surface area contributed by atoms with E-state index >= 15 is 0 Å². The number of rotatable bonds is 3. The Morgan fingerprint density at radius 1 is 1.24 bits per heavy atom. The van der Waals surface area contributed by atoms with Crippen LogP contribution in [0.3, 0.4) is 0 Å². The second kappa shape index (κ2) is 6.73. The number of nitrogens with zero attached hydrogens (tertiary/aromatic N) is 4. The molecular weight excluding hydrogens is 339 g/mol. The first kappa shape index (κ1) is 16.5. The van der Waals surface area contributed by atoms with Crippen molar-refractivity contribution < 1.29 is 4.39 Å². The predicted octanol–water partition coefficient (Wildman–Crippen LogP) is 4.14. The smallest absolute Gasteiger partial charge is 0.177 e. The molecule has 0 unspecified atom stereocenters. The fourth-order valence-corrected chi connectivity index (χ4v) is 3.82. The van der Waals surface area contributed by atoms with Gasteiger partial charge < -0.3 is 4.57 Å². The zero-order chi connectivity index (χ0) is 17.4. The van der Waals surface area contributed by atoms with E-state index in [2.05, 4.69) is 19.4 Å². The van der Waals surface area contributed by atoms with Crippen molar-refractivity contribution in [1.29, 1.82) is 0 Å². The Bertz CT molecular complexity index is 900. The summed E-state index contributed by atoms with van der Waals surface area (Å²) in [5.41, 5.74) is 2.59. The molecule has 4 rings (SSSR count). The summed E-state index contributed by atoms with van der Waals surface area (Å²) in [5.74, 6) is 1.10. The lowest BCUT2D eigenvalue weighted by molar-refractivity contribution is 0.197. The van der Waals surface area contributed by atoms with E-state index in [0.717, 1.165) is 55.0 Å². The standard InChI is InChI=1S/C19H20ClFN4/c1-24-17-3-2-8-22-19(17)23-18(24)12-25-9-6-13(7-10-25)15-11-14(20)4-5-16(15)21/h2-5,8,11,13H,6-7,9-10,12H2,1H3. The van der Waals surface area contributed by atoms with Crippen molar-refractivity contribution in [3.05, 3.63) is 58.8 Å². The largest absolute Gasteiger partial charge is 0.329 e. The minimum Gasteiger partial charge on any atom is -0.329 e. The normalized spacial score (nSPS) is 16.6. The molecule has 6 heteroatoms. The molecule has 0 bridgehead atoms. The second-order valence-electron chi connectivity index (χ2n) is 6.65. The van der Waals surface area contributed by atoms with Gasteiger partial charge in [0.1, 0.15) is 11.6 Å². The van der Waals surface area contributed by atoms with Crippen LogP contribution in [0.4, 0.5) is 4.39 Å². The van der Waals surface area contributed by atoms with Gasteiger partial charge >= 0.3 is 0 Å². The molecule has 1 aliphatic rings. The van der Waals surface area contributed by atoms with E-state index in [1.165, 1.54) is 6.07 Å². The highest BCUT2D eigenvalue weighted by molar-refractivity contribution is 6.30. The zero-order valence-corrected chi connectivity index (χ0v) is 14.9. The number of aryl methyl sites for hydroxylation is 1. The monoisotopic (exact) mass is 358 g/mol. The molecule has 2 aromatic heterocycles. The van der Waals surface area contributed by atoms with Gasteiger partial charge in [-0.2, -0.15) is 0 Å². The maximum Gasteiger partial charge on any atom is 0.177 e. The lowest BCUT2D eigenvalue weighted by Crippen LogP contribution is -2.33. The average Bonchev–Trinajstić information content (AvgIpc) is 2.94. The van der Waals surface area contributed by atoms with Gasteiger partial charge in [0.2, 0.25) is 0 Å². The van der Waals surface area contributed by atoms with Gasteiger partial charge in [0, 0.05) is 18.3 Å². The molecule has 130 valence electrons. The van der Waals surface area contributed by atoms with E-state index in [1.807, 2.05) is 19.2 Å². The van der Waals surface area contributed by atoms with Crippen LogP contribution < -0.4 is 0 Å². The van der Waals surface area contributed by atoms with Gasteiger partial charge in [-0.05, 0) is 67.7 Å². The lowest BCUT2D eigenvalue weighted by atomic mass is 9.89. The number of piperidine rings is 1. The molecule has 1 aliphatic heterocycles. The van der Waals surface area contributed by atoms with Crippen LogP contribution in [-0.2, 0) is 13.6 Å². The van der Waals surface area contributed by atoms with Gasteiger partial charge in [0.05, 0.1) is 12.1 Å². The Hall–Kier alpha value is -1.98. The first-order valence-electron chi connectivity index (χ1n) is 8.55. The van der Waals surface area contributed by atoms with Gasteiger partial charge in [-0.3, -0.25) is 4.90 Å². The fourth-order valence-electron chi connectivity index (χ4n) is 3.64. The third-order valence-corrected chi connectivity index (χ3v) is 5.34. The Balaban J connectivity index is 1.45. The third kappa shape index (κ3) is 3.26. The van der Waals surface area contributed by atoms with E-state index in [9.17, 15) is 4.39 Å². The highest BCUT2D eigenvalue weighted by Crippen LogP contribution is 2.32. The van der Waals surface area contributed by atoms with Crippen LogP contribution in [0.15, 0.2) is 36.5 Å². The molecule has 1 aromatic carbocycles. The van der Waals surface area contributed by atoms with Crippen LogP contribution in [0.5, 0.6) is 0 Å². The number of halogens is 2. The molecule has 25 heavy (non-hydrogen) atoms. The molecule has 3 aromatic rings. The third-order valence-electron chi connectivity index (χ3n) is 5.10. The number of hydrogen-bond donors (Lipinski definition) is 0. The summed E-state index contributed by atoms with van der Waals surface area (Å²) in [6.07, 6.45) is 3.63. The first-order valence-corrected chi connectivity index (χ1v) is 8.93. The van der Waals surface area contributed by atoms with Crippen molar-refractivity contribution in [2.45, 2.75) is 25.3 Å². The minimum absolute atomic E-state index is 0.149. The van der Waals surface area contributed by atoms with Crippen LogP contribution in [0.2, 0.25) is 5.02 Å². The molecule has 0 atom stereocenters. The predicted molar refractivity (Wildman–Crippen MR) is 97.2 cm³/mol. The molecule has 1 fully saturated rings. The van der Waals surface area contributed by atoms with Gasteiger partial charge in [-0.25, -0.2) is 14.4 Å². The van der Waals surface area contributed by atoms with Crippen molar-refractivity contribution >= 4 is 22.8 Å². The van der Waals surface area contributed by atoms with Crippen LogP contribution in [-0.4, -0.2) is 32.5 Å². The topological polar surface area (TPSA) is 34.0 Å². The summed E-state index contributed by atoms with van der Waals surface area (Å²) >= 11 is 6.03. The van der Waals surface area contributed by atoms with Gasteiger partial charge in [0.25, 0.3) is 0 Å². The van der Waals surface area contributed by atoms with Crippen LogP contribution in [0.25, 0.3) is 11.2 Å². The fraction of sp³-hybridized carbons (Fsp3) is 0.368. The van der Waals surface area contributed by atoms with Gasteiger partial charge in [-0.1, -0.05) is 11.6 Å². The summed E-state index contributed by atoms with van der Waals surface area (Å²) in [4.78, 5) is 11.3. The van der Waals surface area contributed by atoms with Gasteiger partial charge in [0.15, 0.2) is 5.65 Å². The average molecular weight is 359 g/mol. The molecular formula is C19H20ClFN4. The zero-order valence-electron chi connectivity index (χ0n) is 14.1. The van der Waals surface area contributed by atoms with Crippen molar-refractivity contribution in [2.75, 3.05) is 13.1 Å². The Kier molecular flexibility index (Phi) is 4.44. The highest BCUT2D eigenvalue weighted by atomic mass is 35.5. The number of pyridine rings is 1. The van der Waals surface area contributed by atoms with E-state index < -0.39 is 0 Å². The Morgan fingerprint density at radius 3 is 2.80 bits per heavy atom. The maximum atomic E-state index is 14.1. The lowest BCUT2D eigenvalue weighted by Gasteiger charge is -2.32. The van der Waals surface area contributed by atoms with Crippen LogP contribution >= 0.6 is 11.6 Å². The van der Waals surface area contributed by atoms with Gasteiger partial charge in [-0.15, -0.1) is 0 Å². The number of hydrogen-bond acceptors (Lipinski definition) is 3. The molecule has 0 amide bonds. The summed E-state index contributed by atoms with van der Waals surface area (Å²) in [7, 11) is 2.03. The SMILES string of the molecule is Cn1c(CN2CCC(c3cc(Cl)ccc3F)CC2)nc2ncccc21. The number of likely N-dealkylation sites (tertiary alicyclic amines) is 1. The number of fused-ring (bicyclic) bond motifs is 1. The molecule has 0 spiro atoms. The molecule has 0 N–H and O–H groups in total. The van der Waals surface area contributed by atoms with Crippen molar-refractivity contribution in [3.8, 4) is 0 Å². The summed E-state index contributed by atoms with van der Waals surface area (Å²) in [6.45, 7) is 2.64. The summed E-state index contributed by atoms with van der Waals surface area (Å²) < 4.78 is 16.2. The molecule has 4 nitrogen and oxygen atoms in total. The summed E-state index contributed by atoms with van der Waals surface area (Å²) in [6, 6.07) is 8.81. The van der Waals surface area contributed by atoms with Crippen molar-refractivity contribution in [2.24, 2.45) is 7.05 Å². The van der Waals surface area contributed by atoms with E-state index in [1.54, 1.807) is 18.3 Å². The molecule has 0 saturated carbocycles. The molecule has 1 saturated heterocycles. The number of aromatic nitrogens is 3. The van der Waals surface area contributed by atoms with E-state index in [-0.39, 0.29) is 11.7 Å².